The second kappa shape index (κ2) is 9.11. The lowest BCUT2D eigenvalue weighted by Gasteiger charge is -2.35. The second-order valence-electron chi connectivity index (χ2n) is 5.96. The van der Waals surface area contributed by atoms with Gasteiger partial charge in [0.05, 0.1) is 12.2 Å². The maximum Gasteiger partial charge on any atom is 0.257 e. The molecule has 5 nitrogen and oxygen atoms in total. The van der Waals surface area contributed by atoms with Crippen LogP contribution in [-0.2, 0) is 9.53 Å². The predicted octanol–water partition coefficient (Wildman–Crippen LogP) is 2.33. The number of hydrogen-bond donors (Lipinski definition) is 1. The van der Waals surface area contributed by atoms with Gasteiger partial charge >= 0.3 is 0 Å². The molecule has 2 atom stereocenters. The molecule has 128 valence electrons. The van der Waals surface area contributed by atoms with Gasteiger partial charge in [0.1, 0.15) is 5.75 Å². The number of hydrogen-bond acceptors (Lipinski definition) is 4. The van der Waals surface area contributed by atoms with E-state index in [1.807, 2.05) is 0 Å². The van der Waals surface area contributed by atoms with Crippen LogP contribution >= 0.6 is 11.6 Å². The van der Waals surface area contributed by atoms with Crippen molar-refractivity contribution in [3.63, 3.8) is 0 Å². The lowest BCUT2D eigenvalue weighted by atomic mass is 10.2. The monoisotopic (exact) mass is 340 g/mol. The van der Waals surface area contributed by atoms with E-state index in [2.05, 4.69) is 24.1 Å². The van der Waals surface area contributed by atoms with E-state index in [1.165, 1.54) is 0 Å². The Hall–Kier alpha value is -1.30. The molecule has 1 amide bonds. The lowest BCUT2D eigenvalue weighted by Crippen LogP contribution is -2.46. The number of rotatable bonds is 7. The maximum atomic E-state index is 11.7. The van der Waals surface area contributed by atoms with Gasteiger partial charge in [0, 0.05) is 31.2 Å². The molecule has 6 heteroatoms. The first kappa shape index (κ1) is 18.0. The quantitative estimate of drug-likeness (QED) is 0.774. The van der Waals surface area contributed by atoms with E-state index in [0.717, 1.165) is 26.1 Å². The largest absolute Gasteiger partial charge is 0.484 e. The molecule has 0 radical (unpaired) electrons. The third-order valence-corrected chi connectivity index (χ3v) is 3.90. The fraction of sp³-hybridized carbons (Fsp3) is 0.588. The van der Waals surface area contributed by atoms with Crippen molar-refractivity contribution in [1.82, 2.24) is 10.2 Å². The number of carbonyl (C=O) groups is 1. The van der Waals surface area contributed by atoms with Crippen molar-refractivity contribution in [2.45, 2.75) is 32.5 Å². The summed E-state index contributed by atoms with van der Waals surface area (Å²) >= 11 is 5.79. The van der Waals surface area contributed by atoms with Crippen molar-refractivity contribution in [3.8, 4) is 5.75 Å². The normalized spacial score (nSPS) is 21.9. The molecular weight excluding hydrogens is 316 g/mol. The fourth-order valence-electron chi connectivity index (χ4n) is 2.73. The van der Waals surface area contributed by atoms with Gasteiger partial charge in [-0.25, -0.2) is 0 Å². The van der Waals surface area contributed by atoms with Crippen LogP contribution in [0.2, 0.25) is 5.02 Å². The van der Waals surface area contributed by atoms with Crippen LogP contribution in [0.1, 0.15) is 20.3 Å². The van der Waals surface area contributed by atoms with E-state index in [4.69, 9.17) is 21.1 Å². The van der Waals surface area contributed by atoms with E-state index in [1.54, 1.807) is 24.3 Å². The summed E-state index contributed by atoms with van der Waals surface area (Å²) in [5.74, 6) is 0.532. The first-order valence-electron chi connectivity index (χ1n) is 8.06. The van der Waals surface area contributed by atoms with Crippen molar-refractivity contribution in [2.75, 3.05) is 32.8 Å². The Morgan fingerprint density at radius 1 is 1.30 bits per heavy atom. The van der Waals surface area contributed by atoms with Crippen molar-refractivity contribution < 1.29 is 14.3 Å². The highest BCUT2D eigenvalue weighted by Crippen LogP contribution is 2.15. The summed E-state index contributed by atoms with van der Waals surface area (Å²) < 4.78 is 11.1. The maximum absolute atomic E-state index is 11.7. The van der Waals surface area contributed by atoms with Crippen LogP contribution in [0.5, 0.6) is 5.75 Å². The van der Waals surface area contributed by atoms with Gasteiger partial charge in [-0.15, -0.1) is 0 Å². The van der Waals surface area contributed by atoms with E-state index in [9.17, 15) is 4.79 Å². The van der Waals surface area contributed by atoms with Crippen LogP contribution in [0.4, 0.5) is 0 Å². The average Bonchev–Trinajstić information content (AvgIpc) is 2.50. The number of benzene rings is 1. The fourth-order valence-corrected chi connectivity index (χ4v) is 2.85. The number of ether oxygens (including phenoxy) is 2. The average molecular weight is 341 g/mol. The summed E-state index contributed by atoms with van der Waals surface area (Å²) in [5.41, 5.74) is 0. The van der Waals surface area contributed by atoms with Gasteiger partial charge in [0.2, 0.25) is 0 Å². The molecule has 1 heterocycles. The zero-order chi connectivity index (χ0) is 16.7. The van der Waals surface area contributed by atoms with Crippen LogP contribution in [0, 0.1) is 0 Å². The zero-order valence-corrected chi connectivity index (χ0v) is 14.5. The predicted molar refractivity (Wildman–Crippen MR) is 91.0 cm³/mol. The molecule has 0 bridgehead atoms. The molecular formula is C17H25ClN2O3. The van der Waals surface area contributed by atoms with Crippen molar-refractivity contribution in [1.29, 1.82) is 0 Å². The Morgan fingerprint density at radius 3 is 2.61 bits per heavy atom. The summed E-state index contributed by atoms with van der Waals surface area (Å²) in [6.45, 7) is 7.75. The van der Waals surface area contributed by atoms with Gasteiger partial charge in [-0.05, 0) is 44.5 Å². The zero-order valence-electron chi connectivity index (χ0n) is 13.8. The second-order valence-corrected chi connectivity index (χ2v) is 6.40. The molecule has 1 fully saturated rings. The van der Waals surface area contributed by atoms with E-state index < -0.39 is 0 Å². The first-order chi connectivity index (χ1) is 11.0. The van der Waals surface area contributed by atoms with Crippen LogP contribution in [-0.4, -0.2) is 55.8 Å². The smallest absolute Gasteiger partial charge is 0.257 e. The van der Waals surface area contributed by atoms with Gasteiger partial charge in [-0.1, -0.05) is 11.6 Å². The van der Waals surface area contributed by atoms with E-state index in [0.29, 0.717) is 17.3 Å². The Morgan fingerprint density at radius 2 is 1.96 bits per heavy atom. The van der Waals surface area contributed by atoms with Crippen LogP contribution in [0.15, 0.2) is 24.3 Å². The number of nitrogens with zero attached hydrogens (tertiary/aromatic N) is 1. The Bertz CT molecular complexity index is 485. The summed E-state index contributed by atoms with van der Waals surface area (Å²) in [4.78, 5) is 14.1. The minimum absolute atomic E-state index is 0.0211. The Labute approximate surface area is 142 Å². The van der Waals surface area contributed by atoms with Gasteiger partial charge in [0.25, 0.3) is 5.91 Å². The molecule has 0 unspecified atom stereocenters. The summed E-state index contributed by atoms with van der Waals surface area (Å²) in [6, 6.07) is 6.96. The standard InChI is InChI=1S/C17H25ClN2O3/c1-13-10-20(11-14(2)23-13)9-3-8-19-17(21)12-22-16-6-4-15(18)5-7-16/h4-7,13-14H,3,8-12H2,1-2H3,(H,19,21)/t13-,14+. The lowest BCUT2D eigenvalue weighted by molar-refractivity contribution is -0.123. The molecule has 1 aromatic carbocycles. The number of amides is 1. The number of carbonyl (C=O) groups excluding carboxylic acids is 1. The Kier molecular flexibility index (Phi) is 7.15. The number of morpholine rings is 1. The molecule has 0 aromatic heterocycles. The van der Waals surface area contributed by atoms with Gasteiger partial charge in [-0.3, -0.25) is 9.69 Å². The summed E-state index contributed by atoms with van der Waals surface area (Å²) in [6.07, 6.45) is 1.48. The third kappa shape index (κ3) is 6.77. The molecule has 1 N–H and O–H groups in total. The molecule has 1 aliphatic heterocycles. The van der Waals surface area contributed by atoms with Crippen molar-refractivity contribution >= 4 is 17.5 Å². The van der Waals surface area contributed by atoms with Crippen molar-refractivity contribution in [3.05, 3.63) is 29.3 Å². The van der Waals surface area contributed by atoms with Gasteiger partial charge in [0.15, 0.2) is 6.61 Å². The highest BCUT2D eigenvalue weighted by Gasteiger charge is 2.21. The molecule has 1 aromatic rings. The summed E-state index contributed by atoms with van der Waals surface area (Å²) in [7, 11) is 0. The minimum atomic E-state index is -0.108. The summed E-state index contributed by atoms with van der Waals surface area (Å²) in [5, 5.41) is 3.53. The number of halogens is 1. The molecule has 0 saturated carbocycles. The number of nitrogens with one attached hydrogen (secondary N) is 1. The molecule has 1 saturated heterocycles. The third-order valence-electron chi connectivity index (χ3n) is 3.65. The van der Waals surface area contributed by atoms with Gasteiger partial charge in [-0.2, -0.15) is 0 Å². The highest BCUT2D eigenvalue weighted by molar-refractivity contribution is 6.30. The van der Waals surface area contributed by atoms with Crippen molar-refractivity contribution in [2.24, 2.45) is 0 Å². The molecule has 23 heavy (non-hydrogen) atoms. The van der Waals surface area contributed by atoms with E-state index >= 15 is 0 Å². The molecule has 2 rings (SSSR count). The molecule has 0 spiro atoms. The Balaban J connectivity index is 1.57. The van der Waals surface area contributed by atoms with Crippen LogP contribution in [0.3, 0.4) is 0 Å². The molecule has 1 aliphatic rings. The van der Waals surface area contributed by atoms with Crippen LogP contribution < -0.4 is 10.1 Å². The SMILES string of the molecule is C[C@@H]1CN(CCCNC(=O)COc2ccc(Cl)cc2)C[C@H](C)O1. The van der Waals surface area contributed by atoms with E-state index in [-0.39, 0.29) is 24.7 Å². The van der Waals surface area contributed by atoms with Crippen LogP contribution in [0.25, 0.3) is 0 Å². The minimum Gasteiger partial charge on any atom is -0.484 e. The first-order valence-corrected chi connectivity index (χ1v) is 8.43. The highest BCUT2D eigenvalue weighted by atomic mass is 35.5. The van der Waals surface area contributed by atoms with Gasteiger partial charge < -0.3 is 14.8 Å². The topological polar surface area (TPSA) is 50.8 Å². The molecule has 0 aliphatic carbocycles.